The van der Waals surface area contributed by atoms with Crippen molar-refractivity contribution in [2.45, 2.75) is 58.7 Å². The highest BCUT2D eigenvalue weighted by Gasteiger charge is 2.37. The van der Waals surface area contributed by atoms with E-state index in [9.17, 15) is 0 Å². The second-order valence-electron chi connectivity index (χ2n) is 6.61. The van der Waals surface area contributed by atoms with Gasteiger partial charge in [-0.1, -0.05) is 34.6 Å². The topological polar surface area (TPSA) is 27.7 Å². The summed E-state index contributed by atoms with van der Waals surface area (Å²) in [5, 5.41) is 0. The van der Waals surface area contributed by atoms with E-state index in [4.69, 9.17) is 14.2 Å². The van der Waals surface area contributed by atoms with Gasteiger partial charge in [0.05, 0.1) is 19.8 Å². The fourth-order valence-corrected chi connectivity index (χ4v) is 2.72. The van der Waals surface area contributed by atoms with E-state index in [2.05, 4.69) is 52.8 Å². The first kappa shape index (κ1) is 16.3. The smallest absolute Gasteiger partial charge is 0.194 e. The lowest BCUT2D eigenvalue weighted by molar-refractivity contribution is -0.167. The maximum Gasteiger partial charge on any atom is 0.194 e. The predicted octanol–water partition coefficient (Wildman–Crippen LogP) is 4.38. The summed E-state index contributed by atoms with van der Waals surface area (Å²) >= 11 is 0. The Morgan fingerprint density at radius 2 is 1.81 bits per heavy atom. The molecule has 1 saturated heterocycles. The number of hydrogen-bond donors (Lipinski definition) is 0. The van der Waals surface area contributed by atoms with E-state index in [0.29, 0.717) is 13.2 Å². The van der Waals surface area contributed by atoms with Gasteiger partial charge < -0.3 is 14.2 Å². The first-order valence-corrected chi connectivity index (χ1v) is 7.98. The van der Waals surface area contributed by atoms with Gasteiger partial charge in [0.15, 0.2) is 5.79 Å². The van der Waals surface area contributed by atoms with Crippen LogP contribution in [0.3, 0.4) is 0 Å². The van der Waals surface area contributed by atoms with Gasteiger partial charge in [-0.25, -0.2) is 0 Å². The molecule has 0 aromatic heterocycles. The van der Waals surface area contributed by atoms with Crippen LogP contribution in [0.1, 0.15) is 58.6 Å². The zero-order valence-electron chi connectivity index (χ0n) is 14.0. The van der Waals surface area contributed by atoms with Crippen LogP contribution in [-0.4, -0.2) is 19.8 Å². The van der Waals surface area contributed by atoms with Gasteiger partial charge in [-0.3, -0.25) is 0 Å². The number of hydrogen-bond acceptors (Lipinski definition) is 3. The Balaban J connectivity index is 2.41. The number of benzene rings is 1. The number of ether oxygens (including phenoxy) is 3. The van der Waals surface area contributed by atoms with Crippen molar-refractivity contribution >= 4 is 0 Å². The predicted molar refractivity (Wildman–Crippen MR) is 84.8 cm³/mol. The van der Waals surface area contributed by atoms with Gasteiger partial charge in [0.1, 0.15) is 5.75 Å². The fraction of sp³-hybridized carbons (Fsp3) is 0.667. The second kappa shape index (κ2) is 6.37. The third kappa shape index (κ3) is 3.41. The zero-order chi connectivity index (χ0) is 15.5. The van der Waals surface area contributed by atoms with Crippen molar-refractivity contribution < 1.29 is 14.2 Å². The van der Waals surface area contributed by atoms with Gasteiger partial charge in [0.2, 0.25) is 0 Å². The monoisotopic (exact) mass is 292 g/mol. The van der Waals surface area contributed by atoms with Gasteiger partial charge in [0, 0.05) is 12.0 Å². The average Bonchev–Trinajstić information content (AvgIpc) is 2.94. The molecular weight excluding hydrogens is 264 g/mol. The first-order valence-electron chi connectivity index (χ1n) is 7.98. The molecule has 0 aliphatic carbocycles. The van der Waals surface area contributed by atoms with Crippen molar-refractivity contribution in [1.29, 1.82) is 0 Å². The van der Waals surface area contributed by atoms with Crippen molar-refractivity contribution in [2.24, 2.45) is 0 Å². The van der Waals surface area contributed by atoms with Gasteiger partial charge in [-0.2, -0.15) is 0 Å². The fourth-order valence-electron chi connectivity index (χ4n) is 2.72. The quantitative estimate of drug-likeness (QED) is 0.806. The van der Waals surface area contributed by atoms with Crippen LogP contribution in [0.4, 0.5) is 0 Å². The minimum Gasteiger partial charge on any atom is -0.493 e. The maximum absolute atomic E-state index is 5.92. The van der Waals surface area contributed by atoms with E-state index in [1.165, 1.54) is 5.56 Å². The lowest BCUT2D eigenvalue weighted by Gasteiger charge is -2.30. The minimum absolute atomic E-state index is 0.0205. The molecule has 1 aromatic rings. The molecule has 0 spiro atoms. The Morgan fingerprint density at radius 3 is 2.33 bits per heavy atom. The molecule has 0 saturated carbocycles. The van der Waals surface area contributed by atoms with Crippen LogP contribution in [0.2, 0.25) is 0 Å². The molecule has 118 valence electrons. The summed E-state index contributed by atoms with van der Waals surface area (Å²) in [6.45, 7) is 12.9. The summed E-state index contributed by atoms with van der Waals surface area (Å²) in [5.41, 5.74) is 2.32. The molecule has 21 heavy (non-hydrogen) atoms. The molecule has 1 heterocycles. The van der Waals surface area contributed by atoms with Crippen LogP contribution >= 0.6 is 0 Å². The van der Waals surface area contributed by atoms with E-state index in [0.717, 1.165) is 30.8 Å². The molecule has 1 aliphatic heterocycles. The van der Waals surface area contributed by atoms with Crippen LogP contribution in [0.15, 0.2) is 18.2 Å². The molecule has 2 rings (SSSR count). The third-order valence-electron chi connectivity index (χ3n) is 3.91. The lowest BCUT2D eigenvalue weighted by Crippen LogP contribution is -2.27. The Hall–Kier alpha value is -1.06. The van der Waals surface area contributed by atoms with Crippen LogP contribution in [0.5, 0.6) is 5.75 Å². The minimum atomic E-state index is -0.580. The van der Waals surface area contributed by atoms with E-state index in [-0.39, 0.29) is 5.41 Å². The Kier molecular flexibility index (Phi) is 4.95. The summed E-state index contributed by atoms with van der Waals surface area (Å²) in [7, 11) is 0. The standard InChI is InChI=1S/C18H28O3/c1-6-10-19-16-9-8-14(13-15(16)17(3,4)5)18(7-2)20-11-12-21-18/h8-9,13H,6-7,10-12H2,1-5H3. The SMILES string of the molecule is CCCOc1ccc(C2(CC)OCCO2)cc1C(C)(C)C. The summed E-state index contributed by atoms with van der Waals surface area (Å²) in [6, 6.07) is 6.34. The largest absolute Gasteiger partial charge is 0.493 e. The van der Waals surface area contributed by atoms with Crippen LogP contribution in [0, 0.1) is 0 Å². The van der Waals surface area contributed by atoms with Gasteiger partial charge in [-0.05, 0) is 35.6 Å². The third-order valence-corrected chi connectivity index (χ3v) is 3.91. The second-order valence-corrected chi connectivity index (χ2v) is 6.61. The Labute approximate surface area is 128 Å². The Bertz CT molecular complexity index is 468. The van der Waals surface area contributed by atoms with Gasteiger partial charge in [0.25, 0.3) is 0 Å². The molecule has 0 bridgehead atoms. The summed E-state index contributed by atoms with van der Waals surface area (Å²) in [6.07, 6.45) is 1.82. The molecule has 1 fully saturated rings. The highest BCUT2D eigenvalue weighted by molar-refractivity contribution is 5.43. The average molecular weight is 292 g/mol. The molecule has 0 amide bonds. The van der Waals surface area contributed by atoms with Crippen molar-refractivity contribution in [3.05, 3.63) is 29.3 Å². The van der Waals surface area contributed by atoms with Crippen LogP contribution in [0.25, 0.3) is 0 Å². The van der Waals surface area contributed by atoms with Crippen molar-refractivity contribution in [3.8, 4) is 5.75 Å². The molecule has 1 aliphatic rings. The maximum atomic E-state index is 5.92. The zero-order valence-corrected chi connectivity index (χ0v) is 14.0. The molecule has 0 atom stereocenters. The van der Waals surface area contributed by atoms with Crippen molar-refractivity contribution in [2.75, 3.05) is 19.8 Å². The van der Waals surface area contributed by atoms with E-state index < -0.39 is 5.79 Å². The van der Waals surface area contributed by atoms with Crippen molar-refractivity contribution in [1.82, 2.24) is 0 Å². The van der Waals surface area contributed by atoms with Crippen LogP contribution < -0.4 is 4.74 Å². The summed E-state index contributed by atoms with van der Waals surface area (Å²) in [5.74, 6) is 0.390. The van der Waals surface area contributed by atoms with E-state index >= 15 is 0 Å². The molecule has 1 aromatic carbocycles. The van der Waals surface area contributed by atoms with Crippen LogP contribution in [-0.2, 0) is 20.7 Å². The van der Waals surface area contributed by atoms with Gasteiger partial charge in [-0.15, -0.1) is 0 Å². The van der Waals surface area contributed by atoms with E-state index in [1.54, 1.807) is 0 Å². The normalized spacial score (nSPS) is 18.0. The molecule has 3 nitrogen and oxygen atoms in total. The summed E-state index contributed by atoms with van der Waals surface area (Å²) in [4.78, 5) is 0. The summed E-state index contributed by atoms with van der Waals surface area (Å²) < 4.78 is 17.7. The molecule has 3 heteroatoms. The molecule has 0 radical (unpaired) electrons. The van der Waals surface area contributed by atoms with E-state index in [1.807, 2.05) is 0 Å². The Morgan fingerprint density at radius 1 is 1.14 bits per heavy atom. The number of rotatable bonds is 5. The highest BCUT2D eigenvalue weighted by Crippen LogP contribution is 2.39. The first-order chi connectivity index (χ1) is 9.93. The van der Waals surface area contributed by atoms with Crippen molar-refractivity contribution in [3.63, 3.8) is 0 Å². The molecular formula is C18H28O3. The molecule has 0 N–H and O–H groups in total. The molecule has 0 unspecified atom stereocenters. The van der Waals surface area contributed by atoms with Gasteiger partial charge >= 0.3 is 0 Å². The lowest BCUT2D eigenvalue weighted by atomic mass is 9.84. The highest BCUT2D eigenvalue weighted by atomic mass is 16.7.